The molecule has 0 aliphatic carbocycles. The maximum atomic E-state index is 10.9. The Morgan fingerprint density at radius 1 is 1.54 bits per heavy atom. The van der Waals surface area contributed by atoms with Crippen LogP contribution in [-0.4, -0.2) is 23.3 Å². The molecule has 78 valence electrons. The zero-order valence-electron chi connectivity index (χ0n) is 8.96. The van der Waals surface area contributed by atoms with Crippen LogP contribution in [0.1, 0.15) is 40.5 Å². The second-order valence-electron chi connectivity index (χ2n) is 3.99. The Kier molecular flexibility index (Phi) is 4.99. The van der Waals surface area contributed by atoms with E-state index < -0.39 is 11.6 Å². The van der Waals surface area contributed by atoms with Crippen LogP contribution >= 0.6 is 0 Å². The summed E-state index contributed by atoms with van der Waals surface area (Å²) in [6, 6.07) is 0. The van der Waals surface area contributed by atoms with E-state index in [9.17, 15) is 4.79 Å². The maximum Gasteiger partial charge on any atom is 0.335 e. The molecule has 0 aromatic rings. The molecule has 0 heterocycles. The largest absolute Gasteiger partial charge is 0.479 e. The molecule has 3 heteroatoms. The lowest BCUT2D eigenvalue weighted by Gasteiger charge is -2.25. The molecular formula is C10H20O3. The summed E-state index contributed by atoms with van der Waals surface area (Å²) >= 11 is 0. The maximum absolute atomic E-state index is 10.9. The summed E-state index contributed by atoms with van der Waals surface area (Å²) in [5.74, 6) is -0.495. The molecule has 0 aliphatic heterocycles. The molecule has 0 spiro atoms. The molecule has 0 amide bonds. The van der Waals surface area contributed by atoms with Crippen LogP contribution in [0.2, 0.25) is 0 Å². The molecule has 0 aromatic heterocycles. The van der Waals surface area contributed by atoms with Gasteiger partial charge in [-0.2, -0.15) is 0 Å². The van der Waals surface area contributed by atoms with Gasteiger partial charge in [0.05, 0.1) is 6.61 Å². The average Bonchev–Trinajstić information content (AvgIpc) is 2.01. The van der Waals surface area contributed by atoms with Crippen molar-refractivity contribution in [3.8, 4) is 0 Å². The van der Waals surface area contributed by atoms with E-state index in [4.69, 9.17) is 9.84 Å². The van der Waals surface area contributed by atoms with E-state index in [1.54, 1.807) is 6.92 Å². The van der Waals surface area contributed by atoms with Crippen molar-refractivity contribution in [2.24, 2.45) is 5.92 Å². The Balaban J connectivity index is 4.16. The highest BCUT2D eigenvalue weighted by Gasteiger charge is 2.33. The van der Waals surface area contributed by atoms with Gasteiger partial charge in [0, 0.05) is 0 Å². The Labute approximate surface area is 80.1 Å². The lowest BCUT2D eigenvalue weighted by molar-refractivity contribution is -0.166. The van der Waals surface area contributed by atoms with Gasteiger partial charge in [-0.1, -0.05) is 27.2 Å². The fourth-order valence-electron chi connectivity index (χ4n) is 1.07. The van der Waals surface area contributed by atoms with E-state index in [1.807, 2.05) is 20.8 Å². The van der Waals surface area contributed by atoms with Crippen molar-refractivity contribution in [2.75, 3.05) is 6.61 Å². The first kappa shape index (κ1) is 12.4. The molecule has 0 saturated heterocycles. The molecular weight excluding hydrogens is 168 g/mol. The van der Waals surface area contributed by atoms with Gasteiger partial charge < -0.3 is 9.84 Å². The van der Waals surface area contributed by atoms with Gasteiger partial charge in [-0.05, 0) is 19.3 Å². The summed E-state index contributed by atoms with van der Waals surface area (Å²) in [6.07, 6.45) is 1.38. The summed E-state index contributed by atoms with van der Waals surface area (Å²) in [5, 5.41) is 8.95. The molecule has 0 saturated carbocycles. The van der Waals surface area contributed by atoms with Crippen LogP contribution in [0.25, 0.3) is 0 Å². The van der Waals surface area contributed by atoms with Crippen molar-refractivity contribution in [1.29, 1.82) is 0 Å². The quantitative estimate of drug-likeness (QED) is 0.695. The summed E-state index contributed by atoms with van der Waals surface area (Å²) in [5.41, 5.74) is -1.00. The summed E-state index contributed by atoms with van der Waals surface area (Å²) in [7, 11) is 0. The second-order valence-corrected chi connectivity index (χ2v) is 3.99. The summed E-state index contributed by atoms with van der Waals surface area (Å²) in [4.78, 5) is 10.9. The highest BCUT2D eigenvalue weighted by Crippen LogP contribution is 2.18. The van der Waals surface area contributed by atoms with Gasteiger partial charge in [-0.3, -0.25) is 0 Å². The number of carboxylic acid groups (broad SMARTS) is 1. The second kappa shape index (κ2) is 5.22. The van der Waals surface area contributed by atoms with Crippen LogP contribution in [0.3, 0.4) is 0 Å². The monoisotopic (exact) mass is 188 g/mol. The first-order chi connectivity index (χ1) is 5.92. The summed E-state index contributed by atoms with van der Waals surface area (Å²) < 4.78 is 5.39. The van der Waals surface area contributed by atoms with E-state index >= 15 is 0 Å². The predicted octanol–water partition coefficient (Wildman–Crippen LogP) is 2.30. The van der Waals surface area contributed by atoms with Crippen LogP contribution in [0, 0.1) is 5.92 Å². The number of hydrogen-bond acceptors (Lipinski definition) is 2. The van der Waals surface area contributed by atoms with Crippen LogP contribution < -0.4 is 0 Å². The molecule has 0 radical (unpaired) electrons. The number of hydrogen-bond donors (Lipinski definition) is 1. The van der Waals surface area contributed by atoms with Crippen LogP contribution in [0.5, 0.6) is 0 Å². The lowest BCUT2D eigenvalue weighted by atomic mass is 10.0. The lowest BCUT2D eigenvalue weighted by Crippen LogP contribution is -2.39. The van der Waals surface area contributed by atoms with E-state index in [2.05, 4.69) is 0 Å². The molecule has 1 unspecified atom stereocenters. The minimum Gasteiger partial charge on any atom is -0.479 e. The van der Waals surface area contributed by atoms with Crippen molar-refractivity contribution in [2.45, 2.75) is 46.1 Å². The molecule has 0 fully saturated rings. The Bertz CT molecular complexity index is 166. The van der Waals surface area contributed by atoms with E-state index in [0.717, 1.165) is 6.42 Å². The average molecular weight is 188 g/mol. The van der Waals surface area contributed by atoms with Crippen molar-refractivity contribution in [3.05, 3.63) is 0 Å². The van der Waals surface area contributed by atoms with Gasteiger partial charge in [0.1, 0.15) is 0 Å². The van der Waals surface area contributed by atoms with Crippen molar-refractivity contribution in [1.82, 2.24) is 0 Å². The van der Waals surface area contributed by atoms with Crippen molar-refractivity contribution >= 4 is 5.97 Å². The van der Waals surface area contributed by atoms with Gasteiger partial charge in [0.2, 0.25) is 0 Å². The van der Waals surface area contributed by atoms with Gasteiger partial charge in [-0.15, -0.1) is 0 Å². The topological polar surface area (TPSA) is 46.5 Å². The molecule has 1 N–H and O–H groups in total. The molecule has 0 bridgehead atoms. The molecule has 1 atom stereocenters. The SMILES string of the molecule is CCCC(C)(OCC(C)C)C(=O)O. The van der Waals surface area contributed by atoms with Gasteiger partial charge in [0.15, 0.2) is 5.60 Å². The van der Waals surface area contributed by atoms with Crippen LogP contribution in [-0.2, 0) is 9.53 Å². The molecule has 3 nitrogen and oxygen atoms in total. The third kappa shape index (κ3) is 4.27. The third-order valence-corrected chi connectivity index (χ3v) is 1.91. The number of rotatable bonds is 6. The number of carboxylic acids is 1. The normalized spacial score (nSPS) is 15.8. The predicted molar refractivity (Wildman–Crippen MR) is 51.7 cm³/mol. The summed E-state index contributed by atoms with van der Waals surface area (Å²) in [6.45, 7) is 8.12. The van der Waals surface area contributed by atoms with E-state index in [-0.39, 0.29) is 0 Å². The van der Waals surface area contributed by atoms with Crippen molar-refractivity contribution < 1.29 is 14.6 Å². The molecule has 0 aliphatic rings. The third-order valence-electron chi connectivity index (χ3n) is 1.91. The standard InChI is InChI=1S/C10H20O3/c1-5-6-10(4,9(11)12)13-7-8(2)3/h8H,5-7H2,1-4H3,(H,11,12). The Morgan fingerprint density at radius 3 is 2.38 bits per heavy atom. The zero-order valence-corrected chi connectivity index (χ0v) is 8.96. The zero-order chi connectivity index (χ0) is 10.5. The fraction of sp³-hybridized carbons (Fsp3) is 0.900. The number of carbonyl (C=O) groups is 1. The molecule has 0 aromatic carbocycles. The first-order valence-electron chi connectivity index (χ1n) is 4.79. The smallest absolute Gasteiger partial charge is 0.335 e. The van der Waals surface area contributed by atoms with Gasteiger partial charge in [0.25, 0.3) is 0 Å². The van der Waals surface area contributed by atoms with E-state index in [0.29, 0.717) is 18.9 Å². The number of ether oxygens (including phenoxy) is 1. The Morgan fingerprint density at radius 2 is 2.08 bits per heavy atom. The van der Waals surface area contributed by atoms with Crippen LogP contribution in [0.15, 0.2) is 0 Å². The highest BCUT2D eigenvalue weighted by molar-refractivity contribution is 5.76. The molecule has 13 heavy (non-hydrogen) atoms. The minimum atomic E-state index is -1.00. The minimum absolute atomic E-state index is 0.371. The highest BCUT2D eigenvalue weighted by atomic mass is 16.5. The van der Waals surface area contributed by atoms with Crippen molar-refractivity contribution in [3.63, 3.8) is 0 Å². The first-order valence-corrected chi connectivity index (χ1v) is 4.79. The molecule has 0 rings (SSSR count). The van der Waals surface area contributed by atoms with Crippen LogP contribution in [0.4, 0.5) is 0 Å². The van der Waals surface area contributed by atoms with E-state index in [1.165, 1.54) is 0 Å². The van der Waals surface area contributed by atoms with Gasteiger partial charge in [-0.25, -0.2) is 4.79 Å². The van der Waals surface area contributed by atoms with Gasteiger partial charge >= 0.3 is 5.97 Å². The number of aliphatic carboxylic acids is 1. The fourth-order valence-corrected chi connectivity index (χ4v) is 1.07. The Hall–Kier alpha value is -0.570.